The molecule has 2 aliphatic rings. The number of aliphatic hydroxyl groups excluding tert-OH is 1. The number of ether oxygens (including phenoxy) is 8. The number of fused-ring (bicyclic) bond motifs is 4. The maximum Gasteiger partial charge on any atom is 0.176 e. The van der Waals surface area contributed by atoms with Crippen LogP contribution in [-0.4, -0.2) is 255 Å². The van der Waals surface area contributed by atoms with Crippen LogP contribution in [0.4, 0.5) is 45.5 Å². The Balaban J connectivity index is 0.000000131. The van der Waals surface area contributed by atoms with Crippen LogP contribution in [0.1, 0.15) is 25.1 Å². The molecule has 2 fully saturated rings. The van der Waals surface area contributed by atoms with Crippen molar-refractivity contribution in [2.24, 2.45) is 33.9 Å². The molecule has 0 bridgehead atoms. The Morgan fingerprint density at radius 3 is 1.06 bits per heavy atom. The first-order valence-corrected chi connectivity index (χ1v) is 44.5. The Morgan fingerprint density at radius 1 is 0.385 bits per heavy atom. The highest BCUT2D eigenvalue weighted by atomic mass is 35.5. The van der Waals surface area contributed by atoms with Crippen molar-refractivity contribution in [3.05, 3.63) is 226 Å². The van der Waals surface area contributed by atoms with E-state index >= 15 is 0 Å². The number of aromatic nitrogens is 20. The molecule has 19 rings (SSSR count). The van der Waals surface area contributed by atoms with Gasteiger partial charge in [0.05, 0.1) is 185 Å². The van der Waals surface area contributed by atoms with E-state index in [4.69, 9.17) is 75.2 Å². The molecule has 11 heterocycles. The zero-order chi connectivity index (χ0) is 94.0. The van der Waals surface area contributed by atoms with Gasteiger partial charge in [0.1, 0.15) is 46.0 Å². The third-order valence-corrected chi connectivity index (χ3v) is 23.5. The maximum absolute atomic E-state index is 9.97. The lowest BCUT2D eigenvalue weighted by molar-refractivity contribution is 0.177. The lowest BCUT2D eigenvalue weighted by Crippen LogP contribution is -2.33. The quantitative estimate of drug-likeness (QED) is 0.0330. The first-order valence-electron chi connectivity index (χ1n) is 44.0. The number of nitrogens with one attached hydrogen (secondary N) is 1. The number of halogens is 1. The average molecular weight is 1840 g/mol. The third kappa shape index (κ3) is 22.9. The first-order chi connectivity index (χ1) is 65.8. The number of aromatic amines is 1. The Bertz CT molecular complexity index is 6610. The van der Waals surface area contributed by atoms with Crippen molar-refractivity contribution in [1.29, 1.82) is 0 Å². The second-order valence-electron chi connectivity index (χ2n) is 32.4. The number of aliphatic hydroxyl groups is 1. The Morgan fingerprint density at radius 2 is 0.748 bits per heavy atom. The van der Waals surface area contributed by atoms with Crippen LogP contribution in [0, 0.1) is 0 Å². The van der Waals surface area contributed by atoms with E-state index in [1.54, 1.807) is 125 Å². The third-order valence-electron chi connectivity index (χ3n) is 23.3. The molecule has 135 heavy (non-hydrogen) atoms. The molecule has 2 saturated heterocycles. The van der Waals surface area contributed by atoms with Gasteiger partial charge in [-0.2, -0.15) is 25.6 Å². The fourth-order valence-corrected chi connectivity index (χ4v) is 16.3. The summed E-state index contributed by atoms with van der Waals surface area (Å²) in [5.74, 6) is 7.01. The predicted molar refractivity (Wildman–Crippen MR) is 522 cm³/mol. The van der Waals surface area contributed by atoms with Crippen LogP contribution in [0.2, 0.25) is 0 Å². The number of alkyl halides is 1. The van der Waals surface area contributed by atoms with E-state index < -0.39 is 0 Å². The Hall–Kier alpha value is -15.2. The topological polar surface area (TPSA) is 368 Å². The molecule has 0 saturated carbocycles. The summed E-state index contributed by atoms with van der Waals surface area (Å²) >= 11 is 6.03. The summed E-state index contributed by atoms with van der Waals surface area (Å²) in [5, 5.41) is 41.3. The molecule has 8 aromatic carbocycles. The van der Waals surface area contributed by atoms with Crippen LogP contribution in [0.5, 0.6) is 46.0 Å². The molecule has 0 amide bonds. The molecule has 2 atom stereocenters. The van der Waals surface area contributed by atoms with E-state index in [-0.39, 0.29) is 12.1 Å². The average Bonchev–Trinajstić information content (AvgIpc) is 1.79. The van der Waals surface area contributed by atoms with Crippen molar-refractivity contribution >= 4 is 101 Å². The molecule has 17 aromatic rings. The number of methoxy groups -OCH3 is 8. The summed E-state index contributed by atoms with van der Waals surface area (Å²) in [6.45, 7) is 8.07. The SMILES string of the molecule is COc1cc(OC)cc(N(CCN2CCC(N)C2)c2ccc3ncc(-c4cnn(C)c4)nc3c2)c1.COc1cc(OC)cc(N(CCN2CCC(O)C2)c2ccc3ncc(-c4cnn(C)c4)nc3c2)c1.COc1cc(OC)cc(N(CCc2nn[nH]n2)c2ccc3ncc(-c4cnn(C)c4)nc3c2)c1.COc1ccc(OC)c(N(CCCCl)c2ccc3ncc(-c4cnn(C)c4)nc3c2)c1. The molecule has 0 radical (unpaired) electrons. The van der Waals surface area contributed by atoms with Crippen LogP contribution in [-0.2, 0) is 34.6 Å². The van der Waals surface area contributed by atoms with E-state index in [1.165, 1.54) is 0 Å². The number of likely N-dealkylation sites (tertiary alicyclic amines) is 2. The van der Waals surface area contributed by atoms with Crippen molar-refractivity contribution in [3.63, 3.8) is 0 Å². The highest BCUT2D eigenvalue weighted by Crippen LogP contribution is 2.42. The fourth-order valence-electron chi connectivity index (χ4n) is 16.2. The lowest BCUT2D eigenvalue weighted by Gasteiger charge is -2.28. The second kappa shape index (κ2) is 43.4. The number of β-amino-alcohol motifs (C(OH)–C–C–N with tert-alkyl or cyclic N) is 1. The van der Waals surface area contributed by atoms with Crippen molar-refractivity contribution in [3.8, 4) is 91.0 Å². The van der Waals surface area contributed by atoms with Gasteiger partial charge in [-0.15, -0.1) is 21.8 Å². The van der Waals surface area contributed by atoms with Crippen LogP contribution in [0.25, 0.3) is 89.2 Å². The van der Waals surface area contributed by atoms with Gasteiger partial charge in [0.2, 0.25) is 0 Å². The Labute approximate surface area is 785 Å². The van der Waals surface area contributed by atoms with E-state index in [1.807, 2.05) is 174 Å². The highest BCUT2D eigenvalue weighted by molar-refractivity contribution is 6.17. The molecule has 0 spiro atoms. The number of rotatable bonds is 32. The number of hydrogen-bond acceptors (Lipinski definition) is 31. The monoisotopic (exact) mass is 1840 g/mol. The zero-order valence-corrected chi connectivity index (χ0v) is 78.2. The molecule has 37 heteroatoms. The van der Waals surface area contributed by atoms with Gasteiger partial charge in [0.25, 0.3) is 0 Å². The van der Waals surface area contributed by atoms with Crippen LogP contribution < -0.4 is 63.2 Å². The number of nitrogens with zero attached hydrogens (tertiary/aromatic N) is 25. The number of tetrazole rings is 1. The second-order valence-corrected chi connectivity index (χ2v) is 32.8. The number of aryl methyl sites for hydroxylation is 4. The minimum atomic E-state index is -0.248. The lowest BCUT2D eigenvalue weighted by atomic mass is 10.1. The predicted octanol–water partition coefficient (Wildman–Crippen LogP) is 14.2. The fraction of sp³-hybridized carbons (Fsp3) is 0.296. The largest absolute Gasteiger partial charge is 0.497 e. The summed E-state index contributed by atoms with van der Waals surface area (Å²) in [5.41, 5.74) is 27.1. The number of anilines is 8. The number of benzene rings is 8. The maximum atomic E-state index is 9.97. The summed E-state index contributed by atoms with van der Waals surface area (Å²) in [4.78, 5) is 51.4. The van der Waals surface area contributed by atoms with E-state index in [0.717, 1.165) is 234 Å². The molecular formula is C98H108ClN27O9. The van der Waals surface area contributed by atoms with Crippen molar-refractivity contribution in [2.75, 3.05) is 148 Å². The molecule has 9 aromatic heterocycles. The molecule has 4 N–H and O–H groups in total. The molecule has 696 valence electrons. The minimum absolute atomic E-state index is 0.248. The van der Waals surface area contributed by atoms with Gasteiger partial charge in [0, 0.05) is 253 Å². The van der Waals surface area contributed by atoms with Crippen LogP contribution in [0.3, 0.4) is 0 Å². The number of hydrogen-bond donors (Lipinski definition) is 3. The van der Waals surface area contributed by atoms with Gasteiger partial charge in [-0.05, 0) is 111 Å². The summed E-state index contributed by atoms with van der Waals surface area (Å²) in [7, 11) is 20.8. The molecule has 36 nitrogen and oxygen atoms in total. The molecular weight excluding hydrogens is 1730 g/mol. The standard InChI is InChI=1S/C26H31N7O2.C26H30N6O3.C23H24ClN5O2.C23H23N9O2/c1-31-16-18(14-29-31)26-15-28-24-5-4-20(12-25(24)30-26)33(9-8-32-7-6-19(27)17-32)21-10-22(34-2)13-23(11-21)35-3;1-30-16-18(14-28-30)26-15-27-24-5-4-19(12-25(24)29-26)32(9-8-31-7-6-21(33)17-31)20-10-22(34-2)13-23(11-20)35-3;1-28-15-16(13-26-28)21-14-25-19-7-5-17(11-20(19)27-21)29(10-4-9-24)22-12-18(30-2)6-8-23(22)31-3;1-31-14-15(12-25-31)22-13-24-20-5-4-16(10-21(20)26-22)32(7-6-23-27-29-30-28-23)17-8-18(33-2)11-19(9-17)34-3/h4-5,10-16,19H,6-9,17,27H2,1-3H3;4-5,10-16,21,33H,6-9,17H2,1-3H3;5-8,11-15H,4,9-10H2,1-3H3;4-5,8-14H,6-7H2,1-3H3,(H,27,28,29,30). The number of H-pyrrole nitrogens is 1. The molecule has 2 aliphatic heterocycles. The van der Waals surface area contributed by atoms with Crippen molar-refractivity contribution in [2.45, 2.75) is 37.8 Å². The van der Waals surface area contributed by atoms with Gasteiger partial charge in [-0.3, -0.25) is 48.5 Å². The zero-order valence-electron chi connectivity index (χ0n) is 77.4. The number of nitrogens with two attached hydrogens (primary N) is 1. The van der Waals surface area contributed by atoms with E-state index in [9.17, 15) is 5.11 Å². The van der Waals surface area contributed by atoms with Crippen LogP contribution >= 0.6 is 11.6 Å². The van der Waals surface area contributed by atoms with E-state index in [0.29, 0.717) is 49.3 Å². The van der Waals surface area contributed by atoms with E-state index in [2.05, 4.69) is 115 Å². The summed E-state index contributed by atoms with van der Waals surface area (Å²) in [6.07, 6.45) is 25.0. The van der Waals surface area contributed by atoms with Gasteiger partial charge in [-0.25, -0.2) is 19.9 Å². The van der Waals surface area contributed by atoms with Gasteiger partial charge < -0.3 is 68.3 Å². The minimum Gasteiger partial charge on any atom is -0.497 e. The Kier molecular flexibility index (Phi) is 29.9. The first kappa shape index (κ1) is 93.0. The summed E-state index contributed by atoms with van der Waals surface area (Å²) in [6, 6.07) is 47.9. The van der Waals surface area contributed by atoms with Crippen LogP contribution in [0.15, 0.2) is 220 Å². The smallest absolute Gasteiger partial charge is 0.176 e. The van der Waals surface area contributed by atoms with Gasteiger partial charge >= 0.3 is 0 Å². The summed E-state index contributed by atoms with van der Waals surface area (Å²) < 4.78 is 51.2. The van der Waals surface area contributed by atoms with Gasteiger partial charge in [-0.1, -0.05) is 5.21 Å². The molecule has 2 unspecified atom stereocenters. The normalized spacial score (nSPS) is 13.6. The van der Waals surface area contributed by atoms with Gasteiger partial charge in [0.15, 0.2) is 5.82 Å². The van der Waals surface area contributed by atoms with Crippen molar-refractivity contribution < 1.29 is 43.0 Å². The highest BCUT2D eigenvalue weighted by Gasteiger charge is 2.26. The molecule has 0 aliphatic carbocycles. The van der Waals surface area contributed by atoms with Crippen molar-refractivity contribution in [1.82, 2.24) is 109 Å².